The van der Waals surface area contributed by atoms with E-state index >= 15 is 13.2 Å². The van der Waals surface area contributed by atoms with Gasteiger partial charge in [-0.25, -0.2) is 15.0 Å². The summed E-state index contributed by atoms with van der Waals surface area (Å²) in [4.78, 5) is 15.0. The lowest BCUT2D eigenvalue weighted by Gasteiger charge is -2.21. The second-order valence-corrected chi connectivity index (χ2v) is 16.8. The average Bonchev–Trinajstić information content (AvgIpc) is 3.79. The first-order chi connectivity index (χ1) is 31.0. The summed E-state index contributed by atoms with van der Waals surface area (Å²) in [5.41, 5.74) is 11.9. The van der Waals surface area contributed by atoms with E-state index in [0.717, 1.165) is 77.0 Å². The molecule has 3 aromatic heterocycles. The van der Waals surface area contributed by atoms with E-state index in [-0.39, 0.29) is 0 Å². The van der Waals surface area contributed by atoms with Crippen LogP contribution in [0.4, 0.5) is 13.2 Å². The number of halogens is 3. The summed E-state index contributed by atoms with van der Waals surface area (Å²) in [6.45, 7) is 8.26. The molecule has 8 heteroatoms. The zero-order chi connectivity index (χ0) is 43.9. The molecule has 3 heterocycles. The Morgan fingerprint density at radius 2 is 0.719 bits per heavy atom. The van der Waals surface area contributed by atoms with Gasteiger partial charge < -0.3 is 9.13 Å². The Bertz CT molecular complexity index is 3460. The lowest BCUT2D eigenvalue weighted by molar-refractivity contribution is -0.137. The summed E-state index contributed by atoms with van der Waals surface area (Å²) in [6.07, 6.45) is -4.62. The van der Waals surface area contributed by atoms with E-state index in [1.54, 1.807) is 6.07 Å². The predicted octanol–water partition coefficient (Wildman–Crippen LogP) is 15.0. The zero-order valence-corrected chi connectivity index (χ0v) is 35.5. The molecular formula is C56H40F3N5. The van der Waals surface area contributed by atoms with Crippen molar-refractivity contribution in [2.24, 2.45) is 0 Å². The van der Waals surface area contributed by atoms with E-state index in [2.05, 4.69) is 110 Å². The van der Waals surface area contributed by atoms with Crippen LogP contribution in [0.15, 0.2) is 170 Å². The lowest BCUT2D eigenvalue weighted by atomic mass is 9.96. The third-order valence-corrected chi connectivity index (χ3v) is 12.2. The van der Waals surface area contributed by atoms with E-state index in [0.29, 0.717) is 45.5 Å². The summed E-state index contributed by atoms with van der Waals surface area (Å²) in [5, 5.41) is 4.17. The first-order valence-corrected chi connectivity index (χ1v) is 21.2. The Balaban J connectivity index is 1.27. The molecule has 0 aliphatic heterocycles. The van der Waals surface area contributed by atoms with E-state index in [1.165, 1.54) is 12.1 Å². The van der Waals surface area contributed by atoms with Gasteiger partial charge in [0, 0.05) is 49.4 Å². The van der Waals surface area contributed by atoms with Crippen molar-refractivity contribution >= 4 is 43.6 Å². The van der Waals surface area contributed by atoms with Gasteiger partial charge in [0.2, 0.25) is 0 Å². The largest absolute Gasteiger partial charge is 0.416 e. The van der Waals surface area contributed by atoms with Gasteiger partial charge in [0.1, 0.15) is 0 Å². The number of fused-ring (bicyclic) bond motifs is 6. The second-order valence-electron chi connectivity index (χ2n) is 16.8. The smallest absolute Gasteiger partial charge is 0.309 e. The molecule has 0 aliphatic carbocycles. The maximum absolute atomic E-state index is 15.1. The third kappa shape index (κ3) is 6.61. The van der Waals surface area contributed by atoms with Crippen LogP contribution in [0.25, 0.3) is 100 Å². The average molecular weight is 840 g/mol. The van der Waals surface area contributed by atoms with E-state index < -0.39 is 11.7 Å². The number of aryl methyl sites for hydroxylation is 4. The van der Waals surface area contributed by atoms with Gasteiger partial charge in [-0.15, -0.1) is 0 Å². The topological polar surface area (TPSA) is 48.5 Å². The van der Waals surface area contributed by atoms with Gasteiger partial charge in [-0.2, -0.15) is 13.2 Å². The molecule has 0 aliphatic rings. The van der Waals surface area contributed by atoms with Crippen molar-refractivity contribution in [2.75, 3.05) is 0 Å². The lowest BCUT2D eigenvalue weighted by Crippen LogP contribution is -2.08. The molecule has 0 spiro atoms. The fourth-order valence-electron chi connectivity index (χ4n) is 9.17. The molecule has 0 unspecified atom stereocenters. The van der Waals surface area contributed by atoms with Crippen molar-refractivity contribution < 1.29 is 13.2 Å². The van der Waals surface area contributed by atoms with Gasteiger partial charge in [0.15, 0.2) is 17.5 Å². The van der Waals surface area contributed by atoms with Crippen LogP contribution < -0.4 is 0 Å². The van der Waals surface area contributed by atoms with Gasteiger partial charge in [0.25, 0.3) is 0 Å². The summed E-state index contributed by atoms with van der Waals surface area (Å²) < 4.78 is 49.7. The molecule has 0 saturated carbocycles. The number of hydrogen-bond donors (Lipinski definition) is 0. The van der Waals surface area contributed by atoms with Gasteiger partial charge >= 0.3 is 6.18 Å². The molecule has 64 heavy (non-hydrogen) atoms. The number of nitrogens with zero attached hydrogens (tertiary/aromatic N) is 5. The normalized spacial score (nSPS) is 12.0. The minimum Gasteiger partial charge on any atom is -0.309 e. The highest BCUT2D eigenvalue weighted by atomic mass is 19.4. The molecule has 11 rings (SSSR count). The van der Waals surface area contributed by atoms with Crippen molar-refractivity contribution in [3.05, 3.63) is 198 Å². The number of benzene rings is 8. The third-order valence-electron chi connectivity index (χ3n) is 12.2. The molecule has 0 atom stereocenters. The molecule has 0 radical (unpaired) electrons. The summed E-state index contributed by atoms with van der Waals surface area (Å²) in [6, 6.07) is 54.8. The monoisotopic (exact) mass is 839 g/mol. The fourth-order valence-corrected chi connectivity index (χ4v) is 9.17. The molecule has 0 fully saturated rings. The molecule has 11 aromatic rings. The Hall–Kier alpha value is -7.84. The van der Waals surface area contributed by atoms with Crippen molar-refractivity contribution in [1.82, 2.24) is 24.1 Å². The summed E-state index contributed by atoms with van der Waals surface area (Å²) >= 11 is 0. The Kier molecular flexibility index (Phi) is 9.10. The van der Waals surface area contributed by atoms with Crippen LogP contribution in [0.2, 0.25) is 0 Å². The Morgan fingerprint density at radius 3 is 1.11 bits per heavy atom. The maximum Gasteiger partial charge on any atom is 0.416 e. The van der Waals surface area contributed by atoms with Crippen LogP contribution in [0.1, 0.15) is 27.8 Å². The highest BCUT2D eigenvalue weighted by molar-refractivity contribution is 6.12. The molecule has 0 bridgehead atoms. The molecule has 0 amide bonds. The molecule has 310 valence electrons. The van der Waals surface area contributed by atoms with Crippen molar-refractivity contribution in [3.63, 3.8) is 0 Å². The predicted molar refractivity (Wildman–Crippen MR) is 254 cm³/mol. The SMILES string of the molecule is Cc1ccc2c(c1)c1cc(C)ccc1n2-c1ccc(-c2nc(-c3ccccc3)nc(-c3ccccc3)n2)cc1-c1cc(C(F)(F)F)ccc1-n1c2ccc(C)cc2c2cc(C)ccc21. The van der Waals surface area contributed by atoms with Crippen molar-refractivity contribution in [3.8, 4) is 56.7 Å². The van der Waals surface area contributed by atoms with Crippen LogP contribution in [0.3, 0.4) is 0 Å². The molecular weight excluding hydrogens is 800 g/mol. The van der Waals surface area contributed by atoms with E-state index in [9.17, 15) is 0 Å². The molecule has 8 aromatic carbocycles. The van der Waals surface area contributed by atoms with Crippen LogP contribution in [0, 0.1) is 27.7 Å². The Labute approximate surface area is 367 Å². The summed E-state index contributed by atoms with van der Waals surface area (Å²) in [5.74, 6) is 1.36. The van der Waals surface area contributed by atoms with Crippen LogP contribution in [0.5, 0.6) is 0 Å². The zero-order valence-electron chi connectivity index (χ0n) is 35.5. The van der Waals surface area contributed by atoms with E-state index in [1.807, 2.05) is 78.9 Å². The Morgan fingerprint density at radius 1 is 0.359 bits per heavy atom. The van der Waals surface area contributed by atoms with Crippen molar-refractivity contribution in [1.29, 1.82) is 0 Å². The first kappa shape index (κ1) is 39.0. The van der Waals surface area contributed by atoms with Crippen LogP contribution in [-0.4, -0.2) is 24.1 Å². The minimum absolute atomic E-state index is 0.394. The highest BCUT2D eigenvalue weighted by Crippen LogP contribution is 2.44. The summed E-state index contributed by atoms with van der Waals surface area (Å²) in [7, 11) is 0. The number of rotatable bonds is 6. The molecule has 0 saturated heterocycles. The second kappa shape index (κ2) is 14.9. The fraction of sp³-hybridized carbons (Fsp3) is 0.0893. The van der Waals surface area contributed by atoms with Gasteiger partial charge in [-0.05, 0) is 113 Å². The van der Waals surface area contributed by atoms with Crippen molar-refractivity contribution in [2.45, 2.75) is 33.9 Å². The number of aromatic nitrogens is 5. The standard InChI is InChI=1S/C56H40F3N5/c1-33-15-21-47-41(27-33)42-28-34(2)16-22-48(42)63(47)51-25-19-39(55-61-53(37-11-7-5-8-12-37)60-54(62-55)38-13-9-6-10-14-38)31-45(51)46-32-40(56(57,58)59)20-26-52(46)64-49-23-17-35(3)29-43(49)44-30-36(4)18-24-50(44)64/h5-32H,1-4H3. The number of alkyl halides is 3. The van der Waals surface area contributed by atoms with Crippen LogP contribution in [-0.2, 0) is 6.18 Å². The quantitative estimate of drug-likeness (QED) is 0.168. The first-order valence-electron chi connectivity index (χ1n) is 21.2. The number of hydrogen-bond acceptors (Lipinski definition) is 3. The highest BCUT2D eigenvalue weighted by Gasteiger charge is 2.32. The van der Waals surface area contributed by atoms with Gasteiger partial charge in [0.05, 0.1) is 39.0 Å². The molecule has 0 N–H and O–H groups in total. The van der Waals surface area contributed by atoms with E-state index in [4.69, 9.17) is 15.0 Å². The van der Waals surface area contributed by atoms with Crippen LogP contribution >= 0.6 is 0 Å². The van der Waals surface area contributed by atoms with Gasteiger partial charge in [-0.1, -0.05) is 107 Å². The van der Waals surface area contributed by atoms with Gasteiger partial charge in [-0.3, -0.25) is 0 Å². The molecule has 5 nitrogen and oxygen atoms in total. The minimum atomic E-state index is -4.62. The maximum atomic E-state index is 15.1.